The number of benzene rings is 1. The van der Waals surface area contributed by atoms with Crippen LogP contribution in [0.2, 0.25) is 0 Å². The molecule has 2 fully saturated rings. The zero-order valence-corrected chi connectivity index (χ0v) is 13.3. The molecule has 1 heterocycles. The number of aliphatic imine (C=N–C) groups is 1. The van der Waals surface area contributed by atoms with Crippen molar-refractivity contribution in [3.63, 3.8) is 0 Å². The van der Waals surface area contributed by atoms with Crippen LogP contribution in [0.3, 0.4) is 0 Å². The molecule has 0 N–H and O–H groups in total. The molecule has 21 heavy (non-hydrogen) atoms. The van der Waals surface area contributed by atoms with E-state index in [0.29, 0.717) is 17.4 Å². The summed E-state index contributed by atoms with van der Waals surface area (Å²) in [7, 11) is 0. The summed E-state index contributed by atoms with van der Waals surface area (Å²) >= 11 is 0. The van der Waals surface area contributed by atoms with Crippen LogP contribution in [-0.2, 0) is 11.2 Å². The van der Waals surface area contributed by atoms with Crippen LogP contribution in [0.25, 0.3) is 0 Å². The lowest BCUT2D eigenvalue weighted by molar-refractivity contribution is 0.112. The van der Waals surface area contributed by atoms with Crippen LogP contribution < -0.4 is 0 Å². The average Bonchev–Trinajstić information content (AvgIpc) is 3.04. The van der Waals surface area contributed by atoms with E-state index >= 15 is 0 Å². The Bertz CT molecular complexity index is 576. The van der Waals surface area contributed by atoms with Gasteiger partial charge in [0, 0.05) is 5.92 Å². The zero-order valence-electron chi connectivity index (χ0n) is 13.3. The van der Waals surface area contributed by atoms with Crippen molar-refractivity contribution >= 4 is 5.90 Å². The lowest BCUT2D eigenvalue weighted by Gasteiger charge is -2.33. The summed E-state index contributed by atoms with van der Waals surface area (Å²) in [6, 6.07) is 10.7. The van der Waals surface area contributed by atoms with Crippen molar-refractivity contribution in [3.8, 4) is 0 Å². The molecule has 0 unspecified atom stereocenters. The third-order valence-corrected chi connectivity index (χ3v) is 6.42. The smallest absolute Gasteiger partial charge is 0.187 e. The van der Waals surface area contributed by atoms with Crippen molar-refractivity contribution in [1.29, 1.82) is 0 Å². The molecule has 4 rings (SSSR count). The summed E-state index contributed by atoms with van der Waals surface area (Å²) in [6.45, 7) is 7.06. The first-order chi connectivity index (χ1) is 10.0. The molecule has 0 saturated heterocycles. The standard InChI is InChI=1S/C19H25NO/c1-13(11-14-7-5-4-6-8-14)17-20-19-10-9-15(18(19,2)3)12-16(19)21-17/h4-8,13,15-16H,9-12H2,1-3H3/t13-,15-,16-,19-/m1/s1. The predicted octanol–water partition coefficient (Wildman–Crippen LogP) is 4.24. The van der Waals surface area contributed by atoms with E-state index < -0.39 is 0 Å². The van der Waals surface area contributed by atoms with Crippen molar-refractivity contribution in [3.05, 3.63) is 35.9 Å². The first kappa shape index (κ1) is 13.4. The topological polar surface area (TPSA) is 21.6 Å². The Labute approximate surface area is 127 Å². The van der Waals surface area contributed by atoms with Gasteiger partial charge >= 0.3 is 0 Å². The highest BCUT2D eigenvalue weighted by atomic mass is 16.5. The Balaban J connectivity index is 1.58. The van der Waals surface area contributed by atoms with E-state index in [1.807, 2.05) is 0 Å². The van der Waals surface area contributed by atoms with Crippen molar-refractivity contribution in [1.82, 2.24) is 0 Å². The molecule has 2 nitrogen and oxygen atoms in total. The van der Waals surface area contributed by atoms with E-state index in [1.54, 1.807) is 0 Å². The van der Waals surface area contributed by atoms with Gasteiger partial charge in [-0.2, -0.15) is 0 Å². The third-order valence-electron chi connectivity index (χ3n) is 6.42. The average molecular weight is 283 g/mol. The van der Waals surface area contributed by atoms with Crippen LogP contribution in [0, 0.1) is 17.3 Å². The molecule has 1 spiro atoms. The molecule has 4 atom stereocenters. The van der Waals surface area contributed by atoms with E-state index in [2.05, 4.69) is 51.1 Å². The van der Waals surface area contributed by atoms with Crippen molar-refractivity contribution in [2.75, 3.05) is 0 Å². The van der Waals surface area contributed by atoms with E-state index in [9.17, 15) is 0 Å². The second-order valence-corrected chi connectivity index (χ2v) is 7.76. The highest BCUT2D eigenvalue weighted by molar-refractivity contribution is 5.81. The van der Waals surface area contributed by atoms with Crippen LogP contribution >= 0.6 is 0 Å². The number of hydrogen-bond acceptors (Lipinski definition) is 2. The van der Waals surface area contributed by atoms with Gasteiger partial charge in [0.1, 0.15) is 11.6 Å². The van der Waals surface area contributed by atoms with Crippen LogP contribution in [0.15, 0.2) is 35.3 Å². The largest absolute Gasteiger partial charge is 0.475 e. The fourth-order valence-electron chi connectivity index (χ4n) is 4.94. The summed E-state index contributed by atoms with van der Waals surface area (Å²) in [4.78, 5) is 5.19. The Morgan fingerprint density at radius 2 is 2.05 bits per heavy atom. The van der Waals surface area contributed by atoms with Gasteiger partial charge in [0.25, 0.3) is 0 Å². The van der Waals surface area contributed by atoms with Gasteiger partial charge in [0.2, 0.25) is 0 Å². The molecule has 2 bridgehead atoms. The lowest BCUT2D eigenvalue weighted by atomic mass is 9.76. The molecule has 1 aliphatic heterocycles. The molecular weight excluding hydrogens is 258 g/mol. The summed E-state index contributed by atoms with van der Waals surface area (Å²) in [5.41, 5.74) is 1.76. The Morgan fingerprint density at radius 3 is 2.71 bits per heavy atom. The fraction of sp³-hybridized carbons (Fsp3) is 0.632. The molecule has 0 amide bonds. The van der Waals surface area contributed by atoms with E-state index in [1.165, 1.54) is 24.8 Å². The maximum Gasteiger partial charge on any atom is 0.187 e. The monoisotopic (exact) mass is 283 g/mol. The summed E-state index contributed by atoms with van der Waals surface area (Å²) in [6.07, 6.45) is 5.12. The van der Waals surface area contributed by atoms with Crippen molar-refractivity contribution < 1.29 is 4.74 Å². The second-order valence-electron chi connectivity index (χ2n) is 7.76. The molecule has 0 radical (unpaired) electrons. The van der Waals surface area contributed by atoms with E-state index in [0.717, 1.165) is 18.2 Å². The minimum absolute atomic E-state index is 0.0813. The van der Waals surface area contributed by atoms with Gasteiger partial charge in [-0.3, -0.25) is 0 Å². The predicted molar refractivity (Wildman–Crippen MR) is 85.5 cm³/mol. The minimum atomic E-state index is 0.0813. The maximum absolute atomic E-state index is 6.33. The Kier molecular flexibility index (Phi) is 2.76. The Morgan fingerprint density at radius 1 is 1.29 bits per heavy atom. The lowest BCUT2D eigenvalue weighted by Crippen LogP contribution is -2.41. The van der Waals surface area contributed by atoms with E-state index in [-0.39, 0.29) is 5.54 Å². The van der Waals surface area contributed by atoms with Gasteiger partial charge in [-0.15, -0.1) is 0 Å². The van der Waals surface area contributed by atoms with Gasteiger partial charge in [-0.1, -0.05) is 51.1 Å². The number of ether oxygens (including phenoxy) is 1. The SMILES string of the molecule is C[C@H](Cc1ccccc1)C1=N[C@]23CC[C@H](C[C@H]2O1)C3(C)C. The molecule has 2 heteroatoms. The first-order valence-electron chi connectivity index (χ1n) is 8.33. The quantitative estimate of drug-likeness (QED) is 0.813. The van der Waals surface area contributed by atoms with Crippen LogP contribution in [-0.4, -0.2) is 17.5 Å². The minimum Gasteiger partial charge on any atom is -0.475 e. The second kappa shape index (κ2) is 4.34. The van der Waals surface area contributed by atoms with Crippen LogP contribution in [0.4, 0.5) is 0 Å². The molecule has 2 saturated carbocycles. The van der Waals surface area contributed by atoms with Gasteiger partial charge < -0.3 is 4.74 Å². The van der Waals surface area contributed by atoms with E-state index in [4.69, 9.17) is 9.73 Å². The number of nitrogens with zero attached hydrogens (tertiary/aromatic N) is 1. The highest BCUT2D eigenvalue weighted by Crippen LogP contribution is 2.64. The van der Waals surface area contributed by atoms with Crippen LogP contribution in [0.5, 0.6) is 0 Å². The van der Waals surface area contributed by atoms with Gasteiger partial charge in [-0.05, 0) is 42.6 Å². The third kappa shape index (κ3) is 1.74. The maximum atomic E-state index is 6.33. The number of rotatable bonds is 3. The molecule has 1 aromatic carbocycles. The van der Waals surface area contributed by atoms with Gasteiger partial charge in [-0.25, -0.2) is 4.99 Å². The molecule has 0 aromatic heterocycles. The molecule has 2 aliphatic carbocycles. The van der Waals surface area contributed by atoms with Gasteiger partial charge in [0.15, 0.2) is 5.90 Å². The summed E-state index contributed by atoms with van der Waals surface area (Å²) < 4.78 is 6.33. The van der Waals surface area contributed by atoms with Crippen molar-refractivity contribution in [2.24, 2.45) is 22.2 Å². The molecule has 112 valence electrons. The summed E-state index contributed by atoms with van der Waals surface area (Å²) in [5.74, 6) is 2.19. The number of fused-ring (bicyclic) bond motifs is 1. The van der Waals surface area contributed by atoms with Gasteiger partial charge in [0.05, 0.1) is 0 Å². The molecular formula is C19H25NO. The normalized spacial score (nSPS) is 37.0. The zero-order chi connectivity index (χ0) is 14.7. The number of hydrogen-bond donors (Lipinski definition) is 0. The van der Waals surface area contributed by atoms with Crippen LogP contribution in [0.1, 0.15) is 45.6 Å². The van der Waals surface area contributed by atoms with Crippen molar-refractivity contribution in [2.45, 2.75) is 58.1 Å². The summed E-state index contributed by atoms with van der Waals surface area (Å²) in [5, 5.41) is 0. The first-order valence-corrected chi connectivity index (χ1v) is 8.33. The Hall–Kier alpha value is -1.31. The highest BCUT2D eigenvalue weighted by Gasteiger charge is 2.68. The molecule has 3 aliphatic rings. The molecule has 1 aromatic rings. The fourth-order valence-corrected chi connectivity index (χ4v) is 4.94.